The number of rotatable bonds is 2. The Morgan fingerprint density at radius 1 is 1.44 bits per heavy atom. The Bertz CT molecular complexity index is 404. The lowest BCUT2D eigenvalue weighted by Gasteiger charge is -2.12. The summed E-state index contributed by atoms with van der Waals surface area (Å²) in [5.74, 6) is -0.392. The van der Waals surface area contributed by atoms with Gasteiger partial charge in [-0.25, -0.2) is 0 Å². The van der Waals surface area contributed by atoms with Crippen molar-refractivity contribution in [1.29, 1.82) is 0 Å². The third kappa shape index (κ3) is 3.23. The summed E-state index contributed by atoms with van der Waals surface area (Å²) in [7, 11) is 0. The molecule has 0 unspecified atom stereocenters. The minimum atomic E-state index is -4.40. The molecule has 1 amide bonds. The Morgan fingerprint density at radius 2 is 2.06 bits per heavy atom. The average molecular weight is 296 g/mol. The highest BCUT2D eigenvalue weighted by Crippen LogP contribution is 2.33. The molecule has 6 heteroatoms. The maximum atomic E-state index is 12.5. The highest BCUT2D eigenvalue weighted by Gasteiger charge is 2.32. The Hall–Kier alpha value is -1.04. The van der Waals surface area contributed by atoms with E-state index < -0.39 is 17.6 Å². The molecule has 1 N–H and O–H groups in total. The largest absolute Gasteiger partial charge is 0.416 e. The standard InChI is InChI=1S/C10H9BrF3NO/c1-6-2-3-7(15-9(16)5-11)4-8(6)10(12,13)14/h2-4H,5H2,1H3,(H,15,16). The molecule has 0 saturated heterocycles. The number of hydrogen-bond acceptors (Lipinski definition) is 1. The van der Waals surface area contributed by atoms with E-state index in [0.29, 0.717) is 0 Å². The monoisotopic (exact) mass is 295 g/mol. The number of amides is 1. The number of carbonyl (C=O) groups is 1. The van der Waals surface area contributed by atoms with Crippen LogP contribution in [0.2, 0.25) is 0 Å². The summed E-state index contributed by atoms with van der Waals surface area (Å²) in [6.07, 6.45) is -4.40. The van der Waals surface area contributed by atoms with Crippen LogP contribution in [0.3, 0.4) is 0 Å². The lowest BCUT2D eigenvalue weighted by atomic mass is 10.1. The second-order valence-corrected chi connectivity index (χ2v) is 3.77. The van der Waals surface area contributed by atoms with Gasteiger partial charge in [-0.05, 0) is 24.6 Å². The SMILES string of the molecule is Cc1ccc(NC(=O)CBr)cc1C(F)(F)F. The van der Waals surface area contributed by atoms with Crippen molar-refractivity contribution in [3.63, 3.8) is 0 Å². The van der Waals surface area contributed by atoms with Gasteiger partial charge in [0, 0.05) is 5.69 Å². The van der Waals surface area contributed by atoms with Gasteiger partial charge in [0.2, 0.25) is 5.91 Å². The first kappa shape index (κ1) is 13.0. The van der Waals surface area contributed by atoms with Crippen molar-refractivity contribution >= 4 is 27.5 Å². The molecule has 0 heterocycles. The molecule has 0 spiro atoms. The van der Waals surface area contributed by atoms with Crippen LogP contribution in [0.15, 0.2) is 18.2 Å². The number of anilines is 1. The fraction of sp³-hybridized carbons (Fsp3) is 0.300. The molecule has 0 aliphatic rings. The van der Waals surface area contributed by atoms with Gasteiger partial charge < -0.3 is 5.32 Å². The summed E-state index contributed by atoms with van der Waals surface area (Å²) < 4.78 is 37.6. The molecule has 0 saturated carbocycles. The van der Waals surface area contributed by atoms with E-state index in [9.17, 15) is 18.0 Å². The fourth-order valence-electron chi connectivity index (χ4n) is 1.20. The van der Waals surface area contributed by atoms with Gasteiger partial charge in [0.05, 0.1) is 10.9 Å². The molecule has 0 aliphatic carbocycles. The molecule has 88 valence electrons. The molecule has 1 rings (SSSR count). The van der Waals surface area contributed by atoms with E-state index in [2.05, 4.69) is 21.2 Å². The number of halogens is 4. The molecule has 0 fully saturated rings. The molecular weight excluding hydrogens is 287 g/mol. The van der Waals surface area contributed by atoms with Gasteiger partial charge in [0.15, 0.2) is 0 Å². The van der Waals surface area contributed by atoms with Crippen molar-refractivity contribution in [2.24, 2.45) is 0 Å². The molecule has 2 nitrogen and oxygen atoms in total. The topological polar surface area (TPSA) is 29.1 Å². The van der Waals surface area contributed by atoms with Gasteiger partial charge in [-0.1, -0.05) is 22.0 Å². The average Bonchev–Trinajstić information content (AvgIpc) is 2.19. The van der Waals surface area contributed by atoms with E-state index in [1.165, 1.54) is 19.1 Å². The van der Waals surface area contributed by atoms with E-state index >= 15 is 0 Å². The van der Waals surface area contributed by atoms with Gasteiger partial charge in [0.1, 0.15) is 0 Å². The van der Waals surface area contributed by atoms with Gasteiger partial charge in [-0.15, -0.1) is 0 Å². The minimum Gasteiger partial charge on any atom is -0.325 e. The third-order valence-electron chi connectivity index (χ3n) is 1.95. The smallest absolute Gasteiger partial charge is 0.325 e. The van der Waals surface area contributed by atoms with E-state index in [1.54, 1.807) is 0 Å². The molecule has 0 aromatic heterocycles. The number of nitrogens with one attached hydrogen (secondary N) is 1. The maximum absolute atomic E-state index is 12.5. The molecule has 0 bridgehead atoms. The van der Waals surface area contributed by atoms with Crippen LogP contribution >= 0.6 is 15.9 Å². The number of carbonyl (C=O) groups excluding carboxylic acids is 1. The first-order valence-electron chi connectivity index (χ1n) is 4.38. The van der Waals surface area contributed by atoms with E-state index in [4.69, 9.17) is 0 Å². The maximum Gasteiger partial charge on any atom is 0.416 e. The fourth-order valence-corrected chi connectivity index (χ4v) is 1.34. The van der Waals surface area contributed by atoms with Crippen molar-refractivity contribution in [2.45, 2.75) is 13.1 Å². The lowest BCUT2D eigenvalue weighted by Crippen LogP contribution is -2.14. The first-order valence-corrected chi connectivity index (χ1v) is 5.50. The second-order valence-electron chi connectivity index (χ2n) is 3.21. The summed E-state index contributed by atoms with van der Waals surface area (Å²) in [5, 5.41) is 2.39. The molecule has 0 atom stereocenters. The highest BCUT2D eigenvalue weighted by molar-refractivity contribution is 9.09. The summed E-state index contributed by atoms with van der Waals surface area (Å²) in [5.41, 5.74) is -0.466. The van der Waals surface area contributed by atoms with Gasteiger partial charge >= 0.3 is 6.18 Å². The van der Waals surface area contributed by atoms with Crippen LogP contribution < -0.4 is 5.32 Å². The van der Waals surface area contributed by atoms with Crippen molar-refractivity contribution in [1.82, 2.24) is 0 Å². The summed E-state index contributed by atoms with van der Waals surface area (Å²) >= 11 is 2.91. The van der Waals surface area contributed by atoms with Crippen LogP contribution in [-0.2, 0) is 11.0 Å². The number of hydrogen-bond donors (Lipinski definition) is 1. The molecule has 16 heavy (non-hydrogen) atoms. The van der Waals surface area contributed by atoms with Crippen LogP contribution in [-0.4, -0.2) is 11.2 Å². The summed E-state index contributed by atoms with van der Waals surface area (Å²) in [4.78, 5) is 11.0. The van der Waals surface area contributed by atoms with Crippen LogP contribution in [0.25, 0.3) is 0 Å². The van der Waals surface area contributed by atoms with E-state index in [0.717, 1.165) is 6.07 Å². The summed E-state index contributed by atoms with van der Waals surface area (Å²) in [6.45, 7) is 1.37. The van der Waals surface area contributed by atoms with E-state index in [1.807, 2.05) is 0 Å². The molecule has 1 aromatic carbocycles. The first-order chi connectivity index (χ1) is 7.34. The molecule has 0 radical (unpaired) electrons. The van der Waals surface area contributed by atoms with Crippen molar-refractivity contribution in [3.8, 4) is 0 Å². The van der Waals surface area contributed by atoms with E-state index in [-0.39, 0.29) is 16.6 Å². The lowest BCUT2D eigenvalue weighted by molar-refractivity contribution is -0.138. The number of benzene rings is 1. The Labute approximate surface area is 99.0 Å². The zero-order valence-electron chi connectivity index (χ0n) is 8.36. The van der Waals surface area contributed by atoms with Crippen LogP contribution in [0.1, 0.15) is 11.1 Å². The quantitative estimate of drug-likeness (QED) is 0.833. The van der Waals surface area contributed by atoms with Crippen LogP contribution in [0, 0.1) is 6.92 Å². The van der Waals surface area contributed by atoms with Crippen LogP contribution in [0.4, 0.5) is 18.9 Å². The van der Waals surface area contributed by atoms with Crippen molar-refractivity contribution in [3.05, 3.63) is 29.3 Å². The highest BCUT2D eigenvalue weighted by atomic mass is 79.9. The number of alkyl halides is 4. The third-order valence-corrected chi connectivity index (χ3v) is 2.46. The number of aryl methyl sites for hydroxylation is 1. The summed E-state index contributed by atoms with van der Waals surface area (Å²) in [6, 6.07) is 3.69. The predicted molar refractivity (Wildman–Crippen MR) is 58.6 cm³/mol. The zero-order valence-corrected chi connectivity index (χ0v) is 9.95. The Balaban J connectivity index is 3.03. The van der Waals surface area contributed by atoms with Crippen LogP contribution in [0.5, 0.6) is 0 Å². The van der Waals surface area contributed by atoms with Crippen molar-refractivity contribution < 1.29 is 18.0 Å². The predicted octanol–water partition coefficient (Wildman–Crippen LogP) is 3.35. The Morgan fingerprint density at radius 3 is 2.56 bits per heavy atom. The molecule has 1 aromatic rings. The zero-order chi connectivity index (χ0) is 12.3. The second kappa shape index (κ2) is 4.86. The minimum absolute atomic E-state index is 0.0439. The molecular formula is C10H9BrF3NO. The van der Waals surface area contributed by atoms with Gasteiger partial charge in [-0.3, -0.25) is 4.79 Å². The van der Waals surface area contributed by atoms with Gasteiger partial charge in [-0.2, -0.15) is 13.2 Å². The van der Waals surface area contributed by atoms with Crippen molar-refractivity contribution in [2.75, 3.05) is 10.6 Å². The van der Waals surface area contributed by atoms with Gasteiger partial charge in [0.25, 0.3) is 0 Å². The Kier molecular flexibility index (Phi) is 3.96. The normalized spacial score (nSPS) is 11.3. The molecule has 0 aliphatic heterocycles.